The number of non-ortho nitro benzene ring substituents is 1. The van der Waals surface area contributed by atoms with Gasteiger partial charge in [0.15, 0.2) is 0 Å². The first-order valence-electron chi connectivity index (χ1n) is 7.70. The van der Waals surface area contributed by atoms with Gasteiger partial charge in [-0.05, 0) is 25.3 Å². The summed E-state index contributed by atoms with van der Waals surface area (Å²) in [6, 6.07) is 3.03. The lowest BCUT2D eigenvalue weighted by Crippen LogP contribution is -2.50. The second-order valence-corrected chi connectivity index (χ2v) is 6.03. The Hall–Kier alpha value is -2.97. The van der Waals surface area contributed by atoms with Gasteiger partial charge in [-0.2, -0.15) is 0 Å². The zero-order chi connectivity index (χ0) is 19.1. The van der Waals surface area contributed by atoms with Crippen LogP contribution < -0.4 is 10.6 Å². The molecule has 3 N–H and O–H groups in total. The van der Waals surface area contributed by atoms with Crippen LogP contribution in [0.1, 0.15) is 37.6 Å². The molecule has 0 radical (unpaired) electrons. The molecule has 9 nitrogen and oxygen atoms in total. The molecule has 0 aliphatic heterocycles. The Kier molecular flexibility index (Phi) is 7.04. The minimum absolute atomic E-state index is 0.0332. The quantitative estimate of drug-likeness (QED) is 0.477. The number of amides is 2. The molecular formula is C16H21N3O6. The average Bonchev–Trinajstić information content (AvgIpc) is 2.53. The zero-order valence-electron chi connectivity index (χ0n) is 14.2. The van der Waals surface area contributed by atoms with Crippen molar-refractivity contribution in [3.05, 3.63) is 39.9 Å². The van der Waals surface area contributed by atoms with Crippen molar-refractivity contribution >= 4 is 23.5 Å². The predicted octanol–water partition coefficient (Wildman–Crippen LogP) is 1.33. The van der Waals surface area contributed by atoms with E-state index in [0.717, 1.165) is 6.07 Å². The number of nitro groups is 1. The molecule has 136 valence electrons. The van der Waals surface area contributed by atoms with Gasteiger partial charge in [0.2, 0.25) is 5.91 Å². The molecule has 1 aromatic rings. The summed E-state index contributed by atoms with van der Waals surface area (Å²) in [4.78, 5) is 45.5. The maximum atomic E-state index is 12.1. The Morgan fingerprint density at radius 2 is 1.84 bits per heavy atom. The SMILES string of the molecule is CC(C)C[C@H](NC(=O)C(C)NC(=O)c1cccc([N+](=O)[O-])c1)C(=O)O. The normalized spacial score (nSPS) is 13.0. The lowest BCUT2D eigenvalue weighted by Gasteiger charge is -2.20. The number of hydrogen-bond acceptors (Lipinski definition) is 5. The van der Waals surface area contributed by atoms with Crippen molar-refractivity contribution in [1.82, 2.24) is 10.6 Å². The average molecular weight is 351 g/mol. The standard InChI is InChI=1S/C16H21N3O6/c1-9(2)7-13(16(22)23)18-14(20)10(3)17-15(21)11-5-4-6-12(8-11)19(24)25/h4-6,8-10,13H,7H2,1-3H3,(H,17,21)(H,18,20)(H,22,23)/t10?,13-/m0/s1. The van der Waals surface area contributed by atoms with Crippen LogP contribution in [0.4, 0.5) is 5.69 Å². The van der Waals surface area contributed by atoms with Crippen molar-refractivity contribution in [3.63, 3.8) is 0 Å². The smallest absolute Gasteiger partial charge is 0.326 e. The van der Waals surface area contributed by atoms with Gasteiger partial charge in [-0.25, -0.2) is 4.79 Å². The van der Waals surface area contributed by atoms with Crippen LogP contribution in [0, 0.1) is 16.0 Å². The molecule has 0 aliphatic rings. The highest BCUT2D eigenvalue weighted by molar-refractivity contribution is 5.98. The van der Waals surface area contributed by atoms with Crippen LogP contribution in [0.2, 0.25) is 0 Å². The van der Waals surface area contributed by atoms with E-state index in [1.807, 2.05) is 13.8 Å². The first-order valence-corrected chi connectivity index (χ1v) is 7.70. The van der Waals surface area contributed by atoms with Gasteiger partial charge < -0.3 is 15.7 Å². The largest absolute Gasteiger partial charge is 0.480 e. The van der Waals surface area contributed by atoms with Gasteiger partial charge >= 0.3 is 5.97 Å². The number of carboxylic acids is 1. The van der Waals surface area contributed by atoms with Gasteiger partial charge in [-0.3, -0.25) is 19.7 Å². The number of aliphatic carboxylic acids is 1. The number of nitrogens with zero attached hydrogens (tertiary/aromatic N) is 1. The van der Waals surface area contributed by atoms with E-state index in [2.05, 4.69) is 10.6 Å². The molecule has 0 aromatic heterocycles. The Morgan fingerprint density at radius 3 is 2.36 bits per heavy atom. The first-order chi connectivity index (χ1) is 11.6. The molecule has 9 heteroatoms. The molecule has 1 rings (SSSR count). The van der Waals surface area contributed by atoms with E-state index in [0.29, 0.717) is 0 Å². The molecule has 0 spiro atoms. The number of nitrogens with one attached hydrogen (secondary N) is 2. The van der Waals surface area contributed by atoms with Crippen LogP contribution in [-0.2, 0) is 9.59 Å². The van der Waals surface area contributed by atoms with Gasteiger partial charge in [0.1, 0.15) is 12.1 Å². The number of hydrogen-bond donors (Lipinski definition) is 3. The third-order valence-electron chi connectivity index (χ3n) is 3.38. The fourth-order valence-electron chi connectivity index (χ4n) is 2.10. The summed E-state index contributed by atoms with van der Waals surface area (Å²) in [7, 11) is 0. The summed E-state index contributed by atoms with van der Waals surface area (Å²) in [5, 5.41) is 24.6. The minimum Gasteiger partial charge on any atom is -0.480 e. The van der Waals surface area contributed by atoms with Crippen LogP contribution in [0.25, 0.3) is 0 Å². The third-order valence-corrected chi connectivity index (χ3v) is 3.38. The summed E-state index contributed by atoms with van der Waals surface area (Å²) in [5.74, 6) is -2.40. The van der Waals surface area contributed by atoms with Gasteiger partial charge in [0.25, 0.3) is 11.6 Å². The maximum Gasteiger partial charge on any atom is 0.326 e. The second-order valence-electron chi connectivity index (χ2n) is 6.03. The van der Waals surface area contributed by atoms with Crippen molar-refractivity contribution in [3.8, 4) is 0 Å². The summed E-state index contributed by atoms with van der Waals surface area (Å²) < 4.78 is 0. The van der Waals surface area contributed by atoms with Gasteiger partial charge in [-0.15, -0.1) is 0 Å². The molecule has 0 heterocycles. The first kappa shape index (κ1) is 20.1. The monoisotopic (exact) mass is 351 g/mol. The van der Waals surface area contributed by atoms with Crippen molar-refractivity contribution in [2.24, 2.45) is 5.92 Å². The summed E-state index contributed by atoms with van der Waals surface area (Å²) in [6.45, 7) is 5.06. The van der Waals surface area contributed by atoms with Crippen molar-refractivity contribution < 1.29 is 24.4 Å². The number of benzene rings is 1. The van der Waals surface area contributed by atoms with E-state index < -0.39 is 34.8 Å². The fourth-order valence-corrected chi connectivity index (χ4v) is 2.10. The third kappa shape index (κ3) is 6.21. The minimum atomic E-state index is -1.15. The summed E-state index contributed by atoms with van der Waals surface area (Å²) >= 11 is 0. The molecule has 0 aliphatic carbocycles. The fraction of sp³-hybridized carbons (Fsp3) is 0.438. The van der Waals surface area contributed by atoms with Crippen LogP contribution in [-0.4, -0.2) is 39.9 Å². The Bertz CT molecular complexity index is 674. The molecular weight excluding hydrogens is 330 g/mol. The topological polar surface area (TPSA) is 139 Å². The molecule has 2 amide bonds. The number of carboxylic acid groups (broad SMARTS) is 1. The highest BCUT2D eigenvalue weighted by atomic mass is 16.6. The molecule has 25 heavy (non-hydrogen) atoms. The molecule has 0 saturated heterocycles. The van der Waals surface area contributed by atoms with Crippen molar-refractivity contribution in [1.29, 1.82) is 0 Å². The lowest BCUT2D eigenvalue weighted by atomic mass is 10.0. The van der Waals surface area contributed by atoms with Crippen molar-refractivity contribution in [2.75, 3.05) is 0 Å². The lowest BCUT2D eigenvalue weighted by molar-refractivity contribution is -0.384. The van der Waals surface area contributed by atoms with E-state index >= 15 is 0 Å². The van der Waals surface area contributed by atoms with Crippen molar-refractivity contribution in [2.45, 2.75) is 39.3 Å². The number of carbonyl (C=O) groups is 3. The van der Waals surface area contributed by atoms with Gasteiger partial charge in [0.05, 0.1) is 4.92 Å². The van der Waals surface area contributed by atoms with Gasteiger partial charge in [0, 0.05) is 17.7 Å². The Labute approximate surface area is 144 Å². The van der Waals surface area contributed by atoms with Crippen LogP contribution in [0.3, 0.4) is 0 Å². The van der Waals surface area contributed by atoms with Crippen LogP contribution >= 0.6 is 0 Å². The highest BCUT2D eigenvalue weighted by Crippen LogP contribution is 2.13. The zero-order valence-corrected chi connectivity index (χ0v) is 14.2. The van der Waals surface area contributed by atoms with E-state index in [-0.39, 0.29) is 23.6 Å². The number of rotatable bonds is 8. The van der Waals surface area contributed by atoms with E-state index in [9.17, 15) is 24.5 Å². The van der Waals surface area contributed by atoms with E-state index in [1.54, 1.807) is 0 Å². The Balaban J connectivity index is 2.73. The molecule has 1 unspecified atom stereocenters. The summed E-state index contributed by atoms with van der Waals surface area (Å²) in [6.07, 6.45) is 0.257. The molecule has 0 bridgehead atoms. The summed E-state index contributed by atoms with van der Waals surface area (Å²) in [5.41, 5.74) is -0.210. The predicted molar refractivity (Wildman–Crippen MR) is 89.0 cm³/mol. The number of carbonyl (C=O) groups excluding carboxylic acids is 2. The van der Waals surface area contributed by atoms with E-state index in [1.165, 1.54) is 25.1 Å². The van der Waals surface area contributed by atoms with Crippen LogP contribution in [0.15, 0.2) is 24.3 Å². The molecule has 1 aromatic carbocycles. The molecule has 2 atom stereocenters. The highest BCUT2D eigenvalue weighted by Gasteiger charge is 2.25. The maximum absolute atomic E-state index is 12.1. The Morgan fingerprint density at radius 1 is 1.20 bits per heavy atom. The number of nitro benzene ring substituents is 1. The second kappa shape index (κ2) is 8.76. The molecule has 0 fully saturated rings. The molecule has 0 saturated carbocycles. The van der Waals surface area contributed by atoms with Crippen LogP contribution in [0.5, 0.6) is 0 Å². The van der Waals surface area contributed by atoms with E-state index in [4.69, 9.17) is 5.11 Å². The van der Waals surface area contributed by atoms with Gasteiger partial charge in [-0.1, -0.05) is 19.9 Å².